The third-order valence-corrected chi connectivity index (χ3v) is 5.58. The summed E-state index contributed by atoms with van der Waals surface area (Å²) in [5.74, 6) is 1.45. The highest BCUT2D eigenvalue weighted by atomic mass is 32.2. The largest absolute Gasteiger partial charge is 0.357 e. The van der Waals surface area contributed by atoms with Gasteiger partial charge in [-0.1, -0.05) is 32.0 Å². The highest BCUT2D eigenvalue weighted by Crippen LogP contribution is 2.12. The fourth-order valence-corrected chi connectivity index (χ4v) is 3.84. The summed E-state index contributed by atoms with van der Waals surface area (Å²) in [5.41, 5.74) is 0. The molecule has 1 heterocycles. The van der Waals surface area contributed by atoms with E-state index in [4.69, 9.17) is 0 Å². The molecule has 7 heteroatoms. The standard InChI is InChI=1S/C19H30N4O2S/c1-4-20-19(21-11-13-26(25)17-8-6-5-7-9-17)22-16-10-12-23(14-16)18(24)15(2)3/h5-9,15-16H,4,10-14H2,1-3H3,(H2,20,21,22). The Hall–Kier alpha value is -1.89. The van der Waals surface area contributed by atoms with Crippen molar-refractivity contribution < 1.29 is 9.00 Å². The maximum atomic E-state index is 12.3. The van der Waals surface area contributed by atoms with Crippen LogP contribution in [0.5, 0.6) is 0 Å². The number of hydrogen-bond acceptors (Lipinski definition) is 3. The topological polar surface area (TPSA) is 73.8 Å². The van der Waals surface area contributed by atoms with Crippen LogP contribution in [0.2, 0.25) is 0 Å². The number of nitrogens with one attached hydrogen (secondary N) is 2. The van der Waals surface area contributed by atoms with E-state index in [1.165, 1.54) is 0 Å². The van der Waals surface area contributed by atoms with Crippen LogP contribution in [0.15, 0.2) is 40.2 Å². The monoisotopic (exact) mass is 378 g/mol. The van der Waals surface area contributed by atoms with Crippen molar-refractivity contribution in [2.24, 2.45) is 10.9 Å². The van der Waals surface area contributed by atoms with Crippen LogP contribution in [-0.2, 0) is 15.6 Å². The first-order valence-corrected chi connectivity index (χ1v) is 10.6. The van der Waals surface area contributed by atoms with E-state index < -0.39 is 10.8 Å². The molecule has 0 bridgehead atoms. The van der Waals surface area contributed by atoms with Gasteiger partial charge in [0, 0.05) is 42.2 Å². The van der Waals surface area contributed by atoms with Gasteiger partial charge in [-0.2, -0.15) is 0 Å². The lowest BCUT2D eigenvalue weighted by molar-refractivity contribution is -0.133. The maximum absolute atomic E-state index is 12.3. The van der Waals surface area contributed by atoms with Gasteiger partial charge in [-0.05, 0) is 25.5 Å². The van der Waals surface area contributed by atoms with Crippen molar-refractivity contribution in [3.63, 3.8) is 0 Å². The smallest absolute Gasteiger partial charge is 0.225 e. The summed E-state index contributed by atoms with van der Waals surface area (Å²) in [7, 11) is -1.04. The van der Waals surface area contributed by atoms with Crippen LogP contribution in [0.4, 0.5) is 0 Å². The van der Waals surface area contributed by atoms with Crippen LogP contribution < -0.4 is 10.6 Å². The highest BCUT2D eigenvalue weighted by Gasteiger charge is 2.27. The van der Waals surface area contributed by atoms with Gasteiger partial charge < -0.3 is 15.5 Å². The summed E-state index contributed by atoms with van der Waals surface area (Å²) in [5, 5.41) is 6.63. The second-order valence-corrected chi connectivity index (χ2v) is 8.26. The summed E-state index contributed by atoms with van der Waals surface area (Å²) in [6, 6.07) is 9.67. The molecule has 1 aromatic carbocycles. The molecule has 2 atom stereocenters. The predicted octanol–water partition coefficient (Wildman–Crippen LogP) is 1.61. The summed E-state index contributed by atoms with van der Waals surface area (Å²) in [6.45, 7) is 8.61. The van der Waals surface area contributed by atoms with E-state index in [1.807, 2.05) is 56.0 Å². The van der Waals surface area contributed by atoms with Gasteiger partial charge in [-0.25, -0.2) is 0 Å². The lowest BCUT2D eigenvalue weighted by atomic mass is 10.2. The first-order valence-electron chi connectivity index (χ1n) is 9.28. The van der Waals surface area contributed by atoms with Crippen LogP contribution in [0.25, 0.3) is 0 Å². The predicted molar refractivity (Wildman–Crippen MR) is 107 cm³/mol. The normalized spacial score (nSPS) is 18.8. The number of likely N-dealkylation sites (tertiary alicyclic amines) is 1. The molecular weight excluding hydrogens is 348 g/mol. The Balaban J connectivity index is 1.85. The fraction of sp³-hybridized carbons (Fsp3) is 0.579. The maximum Gasteiger partial charge on any atom is 0.225 e. The second-order valence-electron chi connectivity index (χ2n) is 6.69. The van der Waals surface area contributed by atoms with Gasteiger partial charge in [-0.15, -0.1) is 0 Å². The van der Waals surface area contributed by atoms with Gasteiger partial charge in [0.15, 0.2) is 5.96 Å². The third-order valence-electron chi connectivity index (χ3n) is 4.23. The van der Waals surface area contributed by atoms with Crippen LogP contribution in [0, 0.1) is 5.92 Å². The summed E-state index contributed by atoms with van der Waals surface area (Å²) < 4.78 is 12.3. The van der Waals surface area contributed by atoms with Crippen LogP contribution >= 0.6 is 0 Å². The van der Waals surface area contributed by atoms with E-state index in [0.717, 1.165) is 30.4 Å². The van der Waals surface area contributed by atoms with E-state index in [2.05, 4.69) is 15.6 Å². The molecule has 26 heavy (non-hydrogen) atoms. The number of aliphatic imine (C=N–C) groups is 1. The zero-order valence-electron chi connectivity index (χ0n) is 15.9. The lowest BCUT2D eigenvalue weighted by Crippen LogP contribution is -2.45. The lowest BCUT2D eigenvalue weighted by Gasteiger charge is -2.20. The molecule has 1 aliphatic heterocycles. The molecule has 2 unspecified atom stereocenters. The van der Waals surface area contributed by atoms with Gasteiger partial charge in [0.1, 0.15) is 0 Å². The van der Waals surface area contributed by atoms with Crippen LogP contribution in [-0.4, -0.2) is 58.9 Å². The molecule has 0 spiro atoms. The van der Waals surface area contributed by atoms with Crippen molar-refractivity contribution in [2.45, 2.75) is 38.1 Å². The minimum absolute atomic E-state index is 0.0311. The Morgan fingerprint density at radius 3 is 2.73 bits per heavy atom. The third kappa shape index (κ3) is 6.12. The SMILES string of the molecule is CCNC(=NCCS(=O)c1ccccc1)NC1CCN(C(=O)C(C)C)C1. The van der Waals surface area contributed by atoms with E-state index in [-0.39, 0.29) is 17.9 Å². The molecule has 144 valence electrons. The van der Waals surface area contributed by atoms with Crippen molar-refractivity contribution in [2.75, 3.05) is 31.9 Å². The molecule has 1 aromatic rings. The second kappa shape index (κ2) is 10.3. The van der Waals surface area contributed by atoms with Gasteiger partial charge in [0.25, 0.3) is 0 Å². The van der Waals surface area contributed by atoms with Crippen molar-refractivity contribution in [3.05, 3.63) is 30.3 Å². The molecule has 0 aliphatic carbocycles. The molecule has 0 saturated carbocycles. The number of carbonyl (C=O) groups excluding carboxylic acids is 1. The van der Waals surface area contributed by atoms with Gasteiger partial charge in [-0.3, -0.25) is 14.0 Å². The Labute approximate surface area is 158 Å². The molecule has 2 N–H and O–H groups in total. The zero-order valence-corrected chi connectivity index (χ0v) is 16.7. The molecular formula is C19H30N4O2S. The van der Waals surface area contributed by atoms with E-state index in [9.17, 15) is 9.00 Å². The molecule has 1 amide bonds. The van der Waals surface area contributed by atoms with Gasteiger partial charge >= 0.3 is 0 Å². The molecule has 1 fully saturated rings. The molecule has 1 saturated heterocycles. The van der Waals surface area contributed by atoms with E-state index >= 15 is 0 Å². The number of nitrogens with zero attached hydrogens (tertiary/aromatic N) is 2. The van der Waals surface area contributed by atoms with Gasteiger partial charge in [0.2, 0.25) is 5.91 Å². The number of guanidine groups is 1. The van der Waals surface area contributed by atoms with Crippen molar-refractivity contribution in [3.8, 4) is 0 Å². The molecule has 6 nitrogen and oxygen atoms in total. The minimum atomic E-state index is -1.04. The number of hydrogen-bond donors (Lipinski definition) is 2. The average Bonchev–Trinajstić information content (AvgIpc) is 3.10. The van der Waals surface area contributed by atoms with Crippen molar-refractivity contribution in [1.29, 1.82) is 0 Å². The van der Waals surface area contributed by atoms with Crippen molar-refractivity contribution in [1.82, 2.24) is 15.5 Å². The van der Waals surface area contributed by atoms with Crippen LogP contribution in [0.3, 0.4) is 0 Å². The first-order chi connectivity index (χ1) is 12.5. The molecule has 0 radical (unpaired) electrons. The summed E-state index contributed by atoms with van der Waals surface area (Å²) in [4.78, 5) is 19.4. The highest BCUT2D eigenvalue weighted by molar-refractivity contribution is 7.85. The number of amides is 1. The fourth-order valence-electron chi connectivity index (χ4n) is 2.89. The summed E-state index contributed by atoms with van der Waals surface area (Å²) >= 11 is 0. The number of carbonyl (C=O) groups is 1. The quantitative estimate of drug-likeness (QED) is 0.558. The molecule has 2 rings (SSSR count). The Kier molecular flexibility index (Phi) is 8.09. The van der Waals surface area contributed by atoms with Crippen molar-refractivity contribution >= 4 is 22.7 Å². The van der Waals surface area contributed by atoms with Crippen LogP contribution in [0.1, 0.15) is 27.2 Å². The Morgan fingerprint density at radius 2 is 2.08 bits per heavy atom. The number of benzene rings is 1. The molecule has 0 aromatic heterocycles. The van der Waals surface area contributed by atoms with E-state index in [0.29, 0.717) is 18.8 Å². The summed E-state index contributed by atoms with van der Waals surface area (Å²) in [6.07, 6.45) is 0.915. The molecule has 1 aliphatic rings. The number of rotatable bonds is 7. The Morgan fingerprint density at radius 1 is 1.35 bits per heavy atom. The average molecular weight is 379 g/mol. The zero-order chi connectivity index (χ0) is 18.9. The Bertz CT molecular complexity index is 634. The minimum Gasteiger partial charge on any atom is -0.357 e. The van der Waals surface area contributed by atoms with Gasteiger partial charge in [0.05, 0.1) is 17.3 Å². The van der Waals surface area contributed by atoms with E-state index in [1.54, 1.807) is 0 Å². The first kappa shape index (κ1) is 20.4.